The Kier molecular flexibility index (Phi) is 6.95. The Hall–Kier alpha value is -1.47. The zero-order valence-electron chi connectivity index (χ0n) is 14.8. The molecule has 1 aromatic rings. The molecular weight excluding hydrogens is 343 g/mol. The normalized spacial score (nSPS) is 22.4. The van der Waals surface area contributed by atoms with Crippen LogP contribution in [0.2, 0.25) is 0 Å². The van der Waals surface area contributed by atoms with Crippen molar-refractivity contribution in [2.24, 2.45) is 11.8 Å². The van der Waals surface area contributed by atoms with Crippen LogP contribution in [0.3, 0.4) is 0 Å². The number of carbonyl (C=O) groups is 1. The summed E-state index contributed by atoms with van der Waals surface area (Å²) in [6.07, 6.45) is 4.12. The number of rotatable bonds is 7. The summed E-state index contributed by atoms with van der Waals surface area (Å²) in [5, 5.41) is 3.02. The van der Waals surface area contributed by atoms with Gasteiger partial charge in [0, 0.05) is 18.5 Å². The summed E-state index contributed by atoms with van der Waals surface area (Å²) in [6.45, 7) is 4.38. The van der Waals surface area contributed by atoms with Crippen LogP contribution >= 0.6 is 0 Å². The number of amides is 1. The smallest absolute Gasteiger partial charge is 0.240 e. The Morgan fingerprint density at radius 1 is 1.20 bits per heavy atom. The van der Waals surface area contributed by atoms with E-state index < -0.39 is 15.8 Å². The van der Waals surface area contributed by atoms with Gasteiger partial charge in [0.05, 0.1) is 4.90 Å². The van der Waals surface area contributed by atoms with Crippen LogP contribution in [0, 0.1) is 17.7 Å². The molecule has 0 saturated heterocycles. The van der Waals surface area contributed by atoms with Crippen molar-refractivity contribution >= 4 is 15.9 Å². The van der Waals surface area contributed by atoms with Gasteiger partial charge in [-0.15, -0.1) is 0 Å². The van der Waals surface area contributed by atoms with Crippen LogP contribution in [0.5, 0.6) is 0 Å². The second kappa shape index (κ2) is 8.76. The van der Waals surface area contributed by atoms with Crippen LogP contribution < -0.4 is 10.0 Å². The van der Waals surface area contributed by atoms with E-state index in [4.69, 9.17) is 0 Å². The number of carbonyl (C=O) groups excluding carboxylic acids is 1. The Morgan fingerprint density at radius 2 is 1.80 bits per heavy atom. The minimum atomic E-state index is -3.62. The third kappa shape index (κ3) is 5.78. The van der Waals surface area contributed by atoms with Gasteiger partial charge >= 0.3 is 0 Å². The fourth-order valence-corrected chi connectivity index (χ4v) is 4.13. The van der Waals surface area contributed by atoms with Crippen molar-refractivity contribution in [2.45, 2.75) is 56.9 Å². The standard InChI is InChI=1S/C18H27FN2O3S/c1-3-13(2)21-18(22)15-6-4-14(5-7-15)12-20-25(23,24)17-10-8-16(19)9-11-17/h8-11,13-15,20H,3-7,12H2,1-2H3,(H,21,22)/t13-,14?,15?/m1/s1. The highest BCUT2D eigenvalue weighted by Gasteiger charge is 2.27. The molecule has 25 heavy (non-hydrogen) atoms. The third-order valence-corrected chi connectivity index (χ3v) is 6.34. The molecule has 1 aromatic carbocycles. The molecular formula is C18H27FN2O3S. The summed E-state index contributed by atoms with van der Waals surface area (Å²) in [4.78, 5) is 12.2. The Balaban J connectivity index is 1.80. The summed E-state index contributed by atoms with van der Waals surface area (Å²) in [5.74, 6) is -0.102. The molecule has 1 fully saturated rings. The van der Waals surface area contributed by atoms with Gasteiger partial charge in [-0.25, -0.2) is 17.5 Å². The lowest BCUT2D eigenvalue weighted by Gasteiger charge is -2.28. The van der Waals surface area contributed by atoms with Crippen molar-refractivity contribution < 1.29 is 17.6 Å². The van der Waals surface area contributed by atoms with Crippen LogP contribution in [-0.4, -0.2) is 26.9 Å². The first-order valence-electron chi connectivity index (χ1n) is 8.87. The van der Waals surface area contributed by atoms with Gasteiger partial charge in [0.2, 0.25) is 15.9 Å². The van der Waals surface area contributed by atoms with Crippen LogP contribution in [0.1, 0.15) is 46.0 Å². The van der Waals surface area contributed by atoms with Crippen LogP contribution in [0.15, 0.2) is 29.2 Å². The van der Waals surface area contributed by atoms with E-state index in [-0.39, 0.29) is 28.7 Å². The largest absolute Gasteiger partial charge is 0.353 e. The number of benzene rings is 1. The fraction of sp³-hybridized carbons (Fsp3) is 0.611. The number of sulfonamides is 1. The first kappa shape index (κ1) is 19.8. The minimum absolute atomic E-state index is 0.0268. The monoisotopic (exact) mass is 370 g/mol. The van der Waals surface area contributed by atoms with E-state index in [0.29, 0.717) is 6.54 Å². The first-order valence-corrected chi connectivity index (χ1v) is 10.4. The quantitative estimate of drug-likeness (QED) is 0.775. The molecule has 0 radical (unpaired) electrons. The van der Waals surface area contributed by atoms with Crippen molar-refractivity contribution in [1.29, 1.82) is 0 Å². The van der Waals surface area contributed by atoms with E-state index in [1.807, 2.05) is 13.8 Å². The maximum Gasteiger partial charge on any atom is 0.240 e. The molecule has 140 valence electrons. The van der Waals surface area contributed by atoms with Crippen LogP contribution in [-0.2, 0) is 14.8 Å². The lowest BCUT2D eigenvalue weighted by atomic mass is 9.81. The zero-order chi connectivity index (χ0) is 18.4. The molecule has 0 aliphatic heterocycles. The van der Waals surface area contributed by atoms with Crippen molar-refractivity contribution in [1.82, 2.24) is 10.0 Å². The first-order chi connectivity index (χ1) is 11.8. The highest BCUT2D eigenvalue weighted by molar-refractivity contribution is 7.89. The lowest BCUT2D eigenvalue weighted by Crippen LogP contribution is -2.39. The number of hydrogen-bond donors (Lipinski definition) is 2. The Bertz CT molecular complexity index is 668. The minimum Gasteiger partial charge on any atom is -0.353 e. The summed E-state index contributed by atoms with van der Waals surface area (Å²) in [5.41, 5.74) is 0. The van der Waals surface area contributed by atoms with Gasteiger partial charge < -0.3 is 5.32 Å². The summed E-state index contributed by atoms with van der Waals surface area (Å²) in [7, 11) is -3.62. The van der Waals surface area contributed by atoms with Crippen LogP contribution in [0.25, 0.3) is 0 Å². The van der Waals surface area contributed by atoms with Crippen molar-refractivity contribution in [3.8, 4) is 0 Å². The predicted molar refractivity (Wildman–Crippen MR) is 94.9 cm³/mol. The molecule has 0 unspecified atom stereocenters. The summed E-state index contributed by atoms with van der Waals surface area (Å²) < 4.78 is 39.9. The molecule has 7 heteroatoms. The molecule has 1 aliphatic rings. The highest BCUT2D eigenvalue weighted by atomic mass is 32.2. The van der Waals surface area contributed by atoms with Gasteiger partial charge in [-0.1, -0.05) is 6.92 Å². The molecule has 1 aliphatic carbocycles. The number of hydrogen-bond acceptors (Lipinski definition) is 3. The molecule has 2 rings (SSSR count). The molecule has 0 spiro atoms. The zero-order valence-corrected chi connectivity index (χ0v) is 15.6. The molecule has 2 N–H and O–H groups in total. The van der Waals surface area contributed by atoms with Gasteiger partial charge in [-0.2, -0.15) is 0 Å². The number of nitrogens with one attached hydrogen (secondary N) is 2. The maximum atomic E-state index is 12.9. The summed E-state index contributed by atoms with van der Waals surface area (Å²) in [6, 6.07) is 4.97. The Labute approximate surface area is 149 Å². The van der Waals surface area contributed by atoms with Crippen molar-refractivity contribution in [3.63, 3.8) is 0 Å². The van der Waals surface area contributed by atoms with E-state index in [9.17, 15) is 17.6 Å². The van der Waals surface area contributed by atoms with E-state index >= 15 is 0 Å². The average molecular weight is 370 g/mol. The van der Waals surface area contributed by atoms with Gasteiger partial charge in [-0.05, 0) is 69.2 Å². The molecule has 1 amide bonds. The van der Waals surface area contributed by atoms with E-state index in [2.05, 4.69) is 10.0 Å². The van der Waals surface area contributed by atoms with Crippen molar-refractivity contribution in [2.75, 3.05) is 6.54 Å². The average Bonchev–Trinajstić information content (AvgIpc) is 2.60. The molecule has 0 aromatic heterocycles. The molecule has 0 heterocycles. The van der Waals surface area contributed by atoms with Gasteiger partial charge in [0.25, 0.3) is 0 Å². The van der Waals surface area contributed by atoms with Crippen LogP contribution in [0.4, 0.5) is 4.39 Å². The van der Waals surface area contributed by atoms with Gasteiger partial charge in [0.15, 0.2) is 0 Å². The van der Waals surface area contributed by atoms with Crippen molar-refractivity contribution in [3.05, 3.63) is 30.1 Å². The lowest BCUT2D eigenvalue weighted by molar-refractivity contribution is -0.126. The topological polar surface area (TPSA) is 75.3 Å². The van der Waals surface area contributed by atoms with E-state index in [1.54, 1.807) is 0 Å². The summed E-state index contributed by atoms with van der Waals surface area (Å²) >= 11 is 0. The predicted octanol–water partition coefficient (Wildman–Crippen LogP) is 2.83. The second-order valence-corrected chi connectivity index (χ2v) is 8.61. The van der Waals surface area contributed by atoms with E-state index in [0.717, 1.165) is 44.2 Å². The third-order valence-electron chi connectivity index (χ3n) is 4.90. The highest BCUT2D eigenvalue weighted by Crippen LogP contribution is 2.29. The van der Waals surface area contributed by atoms with Gasteiger partial charge in [0.1, 0.15) is 5.82 Å². The molecule has 0 bridgehead atoms. The fourth-order valence-electron chi connectivity index (χ4n) is 3.02. The Morgan fingerprint density at radius 3 is 2.36 bits per heavy atom. The SMILES string of the molecule is CC[C@@H](C)NC(=O)C1CCC(CNS(=O)(=O)c2ccc(F)cc2)CC1. The molecule has 5 nitrogen and oxygen atoms in total. The van der Waals surface area contributed by atoms with Gasteiger partial charge in [-0.3, -0.25) is 4.79 Å². The molecule has 1 saturated carbocycles. The number of halogens is 1. The second-order valence-electron chi connectivity index (χ2n) is 6.84. The maximum absolute atomic E-state index is 12.9. The van der Waals surface area contributed by atoms with E-state index in [1.165, 1.54) is 12.1 Å². The molecule has 1 atom stereocenters.